The smallest absolute Gasteiger partial charge is 0.0999 e. The van der Waals surface area contributed by atoms with E-state index in [1.807, 2.05) is 6.07 Å². The van der Waals surface area contributed by atoms with Gasteiger partial charge < -0.3 is 5.32 Å². The Bertz CT molecular complexity index is 257. The normalized spacial score (nSPS) is 17.4. The van der Waals surface area contributed by atoms with Crippen molar-refractivity contribution < 1.29 is 9.78 Å². The second-order valence-electron chi connectivity index (χ2n) is 3.46. The summed E-state index contributed by atoms with van der Waals surface area (Å²) in [6.45, 7) is 2.30. The highest BCUT2D eigenvalue weighted by atomic mass is 17.2. The standard InChI is InChI=1S/C11H15NO2/c1-2-4-10(5-3-1)6-7-12-11-8-13-14-9-11/h1-5,11-12H,6-9H2. The average Bonchev–Trinajstić information content (AvgIpc) is 2.72. The molecule has 0 bridgehead atoms. The van der Waals surface area contributed by atoms with Crippen LogP contribution in [0.2, 0.25) is 0 Å². The van der Waals surface area contributed by atoms with Crippen LogP contribution in [0.1, 0.15) is 5.56 Å². The molecule has 1 aliphatic rings. The molecule has 0 saturated carbocycles. The second-order valence-corrected chi connectivity index (χ2v) is 3.46. The van der Waals surface area contributed by atoms with Gasteiger partial charge >= 0.3 is 0 Å². The highest BCUT2D eigenvalue weighted by Crippen LogP contribution is 2.01. The predicted molar refractivity (Wildman–Crippen MR) is 53.8 cm³/mol. The minimum Gasteiger partial charge on any atom is -0.309 e. The van der Waals surface area contributed by atoms with E-state index in [0.717, 1.165) is 13.0 Å². The molecular weight excluding hydrogens is 178 g/mol. The molecule has 1 fully saturated rings. The van der Waals surface area contributed by atoms with Gasteiger partial charge in [0.2, 0.25) is 0 Å². The lowest BCUT2D eigenvalue weighted by molar-refractivity contribution is -0.248. The van der Waals surface area contributed by atoms with Gasteiger partial charge in [-0.15, -0.1) is 0 Å². The molecule has 1 aromatic rings. The molecule has 76 valence electrons. The van der Waals surface area contributed by atoms with Crippen molar-refractivity contribution in [3.63, 3.8) is 0 Å². The molecule has 14 heavy (non-hydrogen) atoms. The predicted octanol–water partition coefficient (Wildman–Crippen LogP) is 1.15. The van der Waals surface area contributed by atoms with E-state index in [1.54, 1.807) is 0 Å². The van der Waals surface area contributed by atoms with Crippen LogP contribution in [0, 0.1) is 0 Å². The molecule has 3 heteroatoms. The van der Waals surface area contributed by atoms with Gasteiger partial charge in [0, 0.05) is 0 Å². The maximum atomic E-state index is 4.80. The highest BCUT2D eigenvalue weighted by molar-refractivity contribution is 5.14. The van der Waals surface area contributed by atoms with Crippen molar-refractivity contribution in [3.05, 3.63) is 35.9 Å². The Balaban J connectivity index is 1.67. The lowest BCUT2D eigenvalue weighted by atomic mass is 10.1. The third-order valence-corrected chi connectivity index (χ3v) is 2.31. The Morgan fingerprint density at radius 2 is 1.86 bits per heavy atom. The fourth-order valence-electron chi connectivity index (χ4n) is 1.49. The summed E-state index contributed by atoms with van der Waals surface area (Å²) in [6.07, 6.45) is 1.05. The third kappa shape index (κ3) is 2.80. The van der Waals surface area contributed by atoms with Crippen LogP contribution in [-0.2, 0) is 16.2 Å². The molecular formula is C11H15NO2. The largest absolute Gasteiger partial charge is 0.309 e. The minimum atomic E-state index is 0.360. The summed E-state index contributed by atoms with van der Waals surface area (Å²) >= 11 is 0. The summed E-state index contributed by atoms with van der Waals surface area (Å²) in [6, 6.07) is 10.8. The number of benzene rings is 1. The molecule has 2 rings (SSSR count). The number of hydrogen-bond donors (Lipinski definition) is 1. The molecule has 0 aromatic heterocycles. The third-order valence-electron chi connectivity index (χ3n) is 2.31. The van der Waals surface area contributed by atoms with E-state index in [2.05, 4.69) is 29.6 Å². The molecule has 3 nitrogen and oxygen atoms in total. The van der Waals surface area contributed by atoms with Gasteiger partial charge in [0.25, 0.3) is 0 Å². The summed E-state index contributed by atoms with van der Waals surface area (Å²) < 4.78 is 0. The Morgan fingerprint density at radius 3 is 2.57 bits per heavy atom. The van der Waals surface area contributed by atoms with Crippen LogP contribution < -0.4 is 5.32 Å². The van der Waals surface area contributed by atoms with Crippen molar-refractivity contribution in [2.24, 2.45) is 0 Å². The lowest BCUT2D eigenvalue weighted by Crippen LogP contribution is -2.33. The number of nitrogens with one attached hydrogen (secondary N) is 1. The van der Waals surface area contributed by atoms with Crippen molar-refractivity contribution in [3.8, 4) is 0 Å². The molecule has 0 radical (unpaired) electrons. The summed E-state index contributed by atoms with van der Waals surface area (Å²) in [5, 5.41) is 3.38. The summed E-state index contributed by atoms with van der Waals surface area (Å²) in [5.41, 5.74) is 1.36. The molecule has 0 amide bonds. The zero-order chi connectivity index (χ0) is 9.64. The van der Waals surface area contributed by atoms with E-state index in [9.17, 15) is 0 Å². The van der Waals surface area contributed by atoms with E-state index in [4.69, 9.17) is 9.78 Å². The fourth-order valence-corrected chi connectivity index (χ4v) is 1.49. The van der Waals surface area contributed by atoms with Crippen LogP contribution in [-0.4, -0.2) is 25.8 Å². The average molecular weight is 193 g/mol. The molecule has 1 aliphatic heterocycles. The van der Waals surface area contributed by atoms with Crippen LogP contribution in [0.5, 0.6) is 0 Å². The van der Waals surface area contributed by atoms with Crippen molar-refractivity contribution in [1.29, 1.82) is 0 Å². The second kappa shape index (κ2) is 5.10. The van der Waals surface area contributed by atoms with E-state index in [1.165, 1.54) is 5.56 Å². The summed E-state index contributed by atoms with van der Waals surface area (Å²) in [7, 11) is 0. The molecule has 0 spiro atoms. The molecule has 1 N–H and O–H groups in total. The topological polar surface area (TPSA) is 30.5 Å². The zero-order valence-electron chi connectivity index (χ0n) is 8.11. The van der Waals surface area contributed by atoms with Crippen LogP contribution in [0.3, 0.4) is 0 Å². The van der Waals surface area contributed by atoms with Crippen molar-refractivity contribution in [2.75, 3.05) is 19.8 Å². The lowest BCUT2D eigenvalue weighted by Gasteiger charge is -2.08. The summed E-state index contributed by atoms with van der Waals surface area (Å²) in [5.74, 6) is 0. The molecule has 1 aromatic carbocycles. The van der Waals surface area contributed by atoms with E-state index in [-0.39, 0.29) is 0 Å². The van der Waals surface area contributed by atoms with Gasteiger partial charge in [-0.05, 0) is 18.5 Å². The molecule has 0 aliphatic carbocycles. The molecule has 0 unspecified atom stereocenters. The van der Waals surface area contributed by atoms with Gasteiger partial charge in [-0.25, -0.2) is 9.78 Å². The minimum absolute atomic E-state index is 0.360. The molecule has 1 heterocycles. The van der Waals surface area contributed by atoms with Crippen LogP contribution in [0.15, 0.2) is 30.3 Å². The quantitative estimate of drug-likeness (QED) is 0.728. The van der Waals surface area contributed by atoms with Crippen molar-refractivity contribution in [2.45, 2.75) is 12.5 Å². The fraction of sp³-hybridized carbons (Fsp3) is 0.455. The Kier molecular flexibility index (Phi) is 3.51. The van der Waals surface area contributed by atoms with Gasteiger partial charge in [0.1, 0.15) is 0 Å². The van der Waals surface area contributed by atoms with Crippen LogP contribution in [0.4, 0.5) is 0 Å². The zero-order valence-corrected chi connectivity index (χ0v) is 8.11. The first-order valence-electron chi connectivity index (χ1n) is 4.97. The van der Waals surface area contributed by atoms with Gasteiger partial charge in [-0.3, -0.25) is 0 Å². The van der Waals surface area contributed by atoms with Crippen LogP contribution >= 0.6 is 0 Å². The van der Waals surface area contributed by atoms with E-state index < -0.39 is 0 Å². The van der Waals surface area contributed by atoms with Gasteiger partial charge in [-0.1, -0.05) is 30.3 Å². The maximum Gasteiger partial charge on any atom is 0.0999 e. The van der Waals surface area contributed by atoms with Gasteiger partial charge in [-0.2, -0.15) is 0 Å². The van der Waals surface area contributed by atoms with Crippen molar-refractivity contribution >= 4 is 0 Å². The first kappa shape index (κ1) is 9.65. The highest BCUT2D eigenvalue weighted by Gasteiger charge is 2.15. The SMILES string of the molecule is c1ccc(CCNC2COOC2)cc1. The maximum absolute atomic E-state index is 4.80. The van der Waals surface area contributed by atoms with Gasteiger partial charge in [0.15, 0.2) is 0 Å². The summed E-state index contributed by atoms with van der Waals surface area (Å²) in [4.78, 5) is 9.59. The molecule has 0 atom stereocenters. The number of hydrogen-bond acceptors (Lipinski definition) is 3. The van der Waals surface area contributed by atoms with E-state index >= 15 is 0 Å². The van der Waals surface area contributed by atoms with Crippen molar-refractivity contribution in [1.82, 2.24) is 5.32 Å². The van der Waals surface area contributed by atoms with Gasteiger partial charge in [0.05, 0.1) is 19.3 Å². The first-order valence-corrected chi connectivity index (χ1v) is 4.97. The van der Waals surface area contributed by atoms with Crippen LogP contribution in [0.25, 0.3) is 0 Å². The Morgan fingerprint density at radius 1 is 1.14 bits per heavy atom. The molecule has 1 saturated heterocycles. The first-order chi connectivity index (χ1) is 6.95. The monoisotopic (exact) mass is 193 g/mol. The number of rotatable bonds is 4. The Labute approximate surface area is 84.0 Å². The van der Waals surface area contributed by atoms with E-state index in [0.29, 0.717) is 19.3 Å². The Hall–Kier alpha value is -0.900.